The minimum absolute atomic E-state index is 0.0935. The van der Waals surface area contributed by atoms with Crippen LogP contribution in [0.3, 0.4) is 0 Å². The lowest BCUT2D eigenvalue weighted by Crippen LogP contribution is -2.47. The summed E-state index contributed by atoms with van der Waals surface area (Å²) in [6.45, 7) is 0.483. The Morgan fingerprint density at radius 1 is 1.03 bits per heavy atom. The van der Waals surface area contributed by atoms with Crippen LogP contribution in [0, 0.1) is 0 Å². The highest BCUT2D eigenvalue weighted by Crippen LogP contribution is 2.44. The molecule has 174 valence electrons. The van der Waals surface area contributed by atoms with Gasteiger partial charge < -0.3 is 20.1 Å². The fourth-order valence-corrected chi connectivity index (χ4v) is 5.69. The van der Waals surface area contributed by atoms with Crippen LogP contribution < -0.4 is 5.32 Å². The second kappa shape index (κ2) is 9.30. The highest BCUT2D eigenvalue weighted by atomic mass is 32.1. The maximum atomic E-state index is 13.3. The molecule has 8 heteroatoms. The van der Waals surface area contributed by atoms with Crippen LogP contribution in [-0.2, 0) is 14.3 Å². The van der Waals surface area contributed by atoms with Gasteiger partial charge in [0.1, 0.15) is 18.7 Å². The van der Waals surface area contributed by atoms with E-state index in [1.54, 1.807) is 12.1 Å². The van der Waals surface area contributed by atoms with Crippen molar-refractivity contribution >= 4 is 29.3 Å². The van der Waals surface area contributed by atoms with Gasteiger partial charge >= 0.3 is 12.1 Å². The van der Waals surface area contributed by atoms with E-state index in [-0.39, 0.29) is 12.5 Å². The van der Waals surface area contributed by atoms with Crippen molar-refractivity contribution in [1.82, 2.24) is 10.2 Å². The Labute approximate surface area is 201 Å². The maximum Gasteiger partial charge on any atom is 0.408 e. The molecule has 2 N–H and O–H groups in total. The molecule has 2 aromatic carbocycles. The van der Waals surface area contributed by atoms with Crippen LogP contribution in [0.4, 0.5) is 4.79 Å². The molecule has 2 aliphatic rings. The monoisotopic (exact) mass is 476 g/mol. The third-order valence-corrected chi connectivity index (χ3v) is 7.44. The number of carbonyl (C=O) groups excluding carboxylic acids is 2. The van der Waals surface area contributed by atoms with E-state index in [1.165, 1.54) is 16.2 Å². The number of carboxylic acids is 1. The predicted molar refractivity (Wildman–Crippen MR) is 128 cm³/mol. The first-order chi connectivity index (χ1) is 16.5. The van der Waals surface area contributed by atoms with Gasteiger partial charge in [-0.05, 0) is 46.5 Å². The molecule has 7 nitrogen and oxygen atoms in total. The van der Waals surface area contributed by atoms with Crippen molar-refractivity contribution in [1.29, 1.82) is 0 Å². The quantitative estimate of drug-likeness (QED) is 0.550. The molecule has 34 heavy (non-hydrogen) atoms. The van der Waals surface area contributed by atoms with Crippen molar-refractivity contribution < 1.29 is 24.2 Å². The van der Waals surface area contributed by atoms with E-state index >= 15 is 0 Å². The van der Waals surface area contributed by atoms with E-state index < -0.39 is 30.1 Å². The molecule has 2 amide bonds. The number of aliphatic carboxylic acids is 1. The lowest BCUT2D eigenvalue weighted by molar-refractivity contribution is -0.149. The number of ether oxygens (including phenoxy) is 1. The largest absolute Gasteiger partial charge is 0.480 e. The topological polar surface area (TPSA) is 95.9 Å². The first kappa shape index (κ1) is 22.2. The third-order valence-electron chi connectivity index (χ3n) is 6.50. The summed E-state index contributed by atoms with van der Waals surface area (Å²) in [4.78, 5) is 39.7. The van der Waals surface area contributed by atoms with Crippen LogP contribution in [0.1, 0.15) is 40.8 Å². The van der Waals surface area contributed by atoms with Gasteiger partial charge in [0.25, 0.3) is 5.91 Å². The molecule has 5 rings (SSSR count). The van der Waals surface area contributed by atoms with Gasteiger partial charge in [-0.3, -0.25) is 4.79 Å². The van der Waals surface area contributed by atoms with Crippen molar-refractivity contribution in [3.8, 4) is 11.1 Å². The zero-order valence-corrected chi connectivity index (χ0v) is 19.2. The number of hydrogen-bond donors (Lipinski definition) is 2. The fraction of sp³-hybridized carbons (Fsp3) is 0.269. The Bertz CT molecular complexity index is 1180. The SMILES string of the molecule is O=C(NC(C(=O)N1CCC[C@@H]1C(=O)O)c1cccs1)OCC1c2ccccc2-c2ccccc21. The Kier molecular flexibility index (Phi) is 6.06. The number of fused-ring (bicyclic) bond motifs is 3. The highest BCUT2D eigenvalue weighted by molar-refractivity contribution is 7.10. The number of carbonyl (C=O) groups is 3. The van der Waals surface area contributed by atoms with Crippen LogP contribution in [0.2, 0.25) is 0 Å². The van der Waals surface area contributed by atoms with Crippen molar-refractivity contribution in [2.75, 3.05) is 13.2 Å². The molecule has 0 radical (unpaired) electrons. The first-order valence-electron chi connectivity index (χ1n) is 11.2. The number of likely N-dealkylation sites (tertiary alicyclic amines) is 1. The highest BCUT2D eigenvalue weighted by Gasteiger charge is 2.39. The predicted octanol–water partition coefficient (Wildman–Crippen LogP) is 4.40. The van der Waals surface area contributed by atoms with Crippen LogP contribution >= 0.6 is 11.3 Å². The molecular weight excluding hydrogens is 452 g/mol. The van der Waals surface area contributed by atoms with Gasteiger partial charge in [-0.1, -0.05) is 54.6 Å². The maximum absolute atomic E-state index is 13.3. The summed E-state index contributed by atoms with van der Waals surface area (Å²) in [7, 11) is 0. The Morgan fingerprint density at radius 3 is 2.32 bits per heavy atom. The average molecular weight is 477 g/mol. The molecular formula is C26H24N2O5S. The molecule has 3 aromatic rings. The zero-order valence-electron chi connectivity index (χ0n) is 18.3. The molecule has 1 saturated heterocycles. The lowest BCUT2D eigenvalue weighted by atomic mass is 9.98. The van der Waals surface area contributed by atoms with Crippen molar-refractivity contribution in [2.24, 2.45) is 0 Å². The van der Waals surface area contributed by atoms with Gasteiger partial charge in [-0.2, -0.15) is 0 Å². The summed E-state index contributed by atoms with van der Waals surface area (Å²) in [6.07, 6.45) is 0.313. The number of nitrogens with zero attached hydrogens (tertiary/aromatic N) is 1. The minimum Gasteiger partial charge on any atom is -0.480 e. The first-order valence-corrected chi connectivity index (χ1v) is 12.1. The van der Waals surface area contributed by atoms with E-state index in [0.717, 1.165) is 22.3 Å². The third kappa shape index (κ3) is 4.05. The molecule has 1 aliphatic carbocycles. The minimum atomic E-state index is -1.03. The fourth-order valence-electron chi connectivity index (χ4n) is 4.92. The summed E-state index contributed by atoms with van der Waals surface area (Å²) < 4.78 is 5.62. The molecule has 2 atom stereocenters. The Balaban J connectivity index is 1.31. The van der Waals surface area contributed by atoms with Crippen LogP contribution in [0.25, 0.3) is 11.1 Å². The normalized spacial score (nSPS) is 17.6. The number of carboxylic acid groups (broad SMARTS) is 1. The van der Waals surface area contributed by atoms with Gasteiger partial charge in [0.2, 0.25) is 0 Å². The molecule has 0 saturated carbocycles. The van der Waals surface area contributed by atoms with E-state index in [1.807, 2.05) is 41.8 Å². The zero-order chi connectivity index (χ0) is 23.7. The lowest BCUT2D eigenvalue weighted by Gasteiger charge is -2.26. The Morgan fingerprint density at radius 2 is 1.71 bits per heavy atom. The second-order valence-electron chi connectivity index (χ2n) is 8.45. The van der Waals surface area contributed by atoms with Gasteiger partial charge in [-0.25, -0.2) is 9.59 Å². The summed E-state index contributed by atoms with van der Waals surface area (Å²) in [6, 6.07) is 17.8. The number of amides is 2. The van der Waals surface area contributed by atoms with Crippen molar-refractivity contribution in [2.45, 2.75) is 30.8 Å². The number of hydrogen-bond acceptors (Lipinski definition) is 5. The number of benzene rings is 2. The summed E-state index contributed by atoms with van der Waals surface area (Å²) in [5.74, 6) is -1.55. The molecule has 1 fully saturated rings. The van der Waals surface area contributed by atoms with E-state index in [2.05, 4.69) is 17.4 Å². The average Bonchev–Trinajstić information content (AvgIpc) is 3.60. The summed E-state index contributed by atoms with van der Waals surface area (Å²) in [5.41, 5.74) is 4.47. The van der Waals surface area contributed by atoms with Crippen molar-refractivity contribution in [3.63, 3.8) is 0 Å². The molecule has 1 aromatic heterocycles. The van der Waals surface area contributed by atoms with E-state index in [0.29, 0.717) is 24.3 Å². The van der Waals surface area contributed by atoms with Gasteiger partial charge in [0.15, 0.2) is 0 Å². The number of nitrogens with one attached hydrogen (secondary N) is 1. The number of alkyl carbamates (subject to hydrolysis) is 1. The van der Waals surface area contributed by atoms with Gasteiger partial charge in [0.05, 0.1) is 0 Å². The molecule has 1 unspecified atom stereocenters. The smallest absolute Gasteiger partial charge is 0.408 e. The standard InChI is InChI=1S/C26H24N2O5S/c29-24(28-13-5-11-21(28)25(30)31)23(22-12-6-14-34-22)27-26(32)33-15-20-18-9-3-1-7-16(18)17-8-2-4-10-19(17)20/h1-4,6-10,12,14,20-21,23H,5,11,13,15H2,(H,27,32)(H,30,31)/t21-,23?/m1/s1. The summed E-state index contributed by atoms with van der Waals surface area (Å²) in [5, 5.41) is 14.0. The van der Waals surface area contributed by atoms with E-state index in [9.17, 15) is 19.5 Å². The van der Waals surface area contributed by atoms with Crippen LogP contribution in [0.5, 0.6) is 0 Å². The molecule has 2 heterocycles. The molecule has 1 aliphatic heterocycles. The van der Waals surface area contributed by atoms with E-state index in [4.69, 9.17) is 4.74 Å². The number of thiophene rings is 1. The number of rotatable bonds is 6. The van der Waals surface area contributed by atoms with Gasteiger partial charge in [-0.15, -0.1) is 11.3 Å². The molecule has 0 bridgehead atoms. The Hall–Kier alpha value is -3.65. The van der Waals surface area contributed by atoms with Crippen molar-refractivity contribution in [3.05, 3.63) is 82.0 Å². The molecule has 0 spiro atoms. The summed E-state index contributed by atoms with van der Waals surface area (Å²) >= 11 is 1.33. The van der Waals surface area contributed by atoms with Gasteiger partial charge in [0, 0.05) is 17.3 Å². The second-order valence-corrected chi connectivity index (χ2v) is 9.43. The van der Waals surface area contributed by atoms with Crippen LogP contribution in [0.15, 0.2) is 66.0 Å². The van der Waals surface area contributed by atoms with Crippen LogP contribution in [-0.4, -0.2) is 47.2 Å².